The van der Waals surface area contributed by atoms with Crippen LogP contribution in [0.3, 0.4) is 0 Å². The van der Waals surface area contributed by atoms with Crippen LogP contribution in [0.2, 0.25) is 0 Å². The average molecular weight is 350 g/mol. The minimum Gasteiger partial charge on any atom is -0.496 e. The van der Waals surface area contributed by atoms with E-state index in [4.69, 9.17) is 14.2 Å². The summed E-state index contributed by atoms with van der Waals surface area (Å²) in [7, 11) is 4.56. The zero-order valence-electron chi connectivity index (χ0n) is 15.3. The Morgan fingerprint density at radius 2 is 1.44 bits per heavy atom. The number of carbonyl (C=O) groups is 2. The van der Waals surface area contributed by atoms with Crippen molar-refractivity contribution >= 4 is 11.8 Å². The number of rotatable bonds is 6. The van der Waals surface area contributed by atoms with E-state index in [1.807, 2.05) is 11.8 Å². The number of nitrogens with zero attached hydrogens (tertiary/aromatic N) is 2. The molecule has 1 fully saturated rings. The van der Waals surface area contributed by atoms with Gasteiger partial charge in [-0.25, -0.2) is 0 Å². The summed E-state index contributed by atoms with van der Waals surface area (Å²) in [6, 6.07) is 3.33. The molecule has 7 nitrogen and oxygen atoms in total. The molecule has 25 heavy (non-hydrogen) atoms. The minimum atomic E-state index is -0.168. The van der Waals surface area contributed by atoms with Gasteiger partial charge in [-0.3, -0.25) is 9.59 Å². The van der Waals surface area contributed by atoms with Gasteiger partial charge in [0.15, 0.2) is 0 Å². The van der Waals surface area contributed by atoms with Gasteiger partial charge in [-0.1, -0.05) is 6.92 Å². The molecule has 7 heteroatoms. The fourth-order valence-corrected chi connectivity index (χ4v) is 2.91. The van der Waals surface area contributed by atoms with Crippen molar-refractivity contribution < 1.29 is 23.8 Å². The highest BCUT2D eigenvalue weighted by Gasteiger charge is 2.29. The Hall–Kier alpha value is -2.44. The first-order valence-corrected chi connectivity index (χ1v) is 8.42. The second-order valence-corrected chi connectivity index (χ2v) is 5.83. The summed E-state index contributed by atoms with van der Waals surface area (Å²) in [5, 5.41) is 0. The topological polar surface area (TPSA) is 68.3 Å². The van der Waals surface area contributed by atoms with Crippen LogP contribution in [0.5, 0.6) is 17.2 Å². The lowest BCUT2D eigenvalue weighted by atomic mass is 10.1. The zero-order chi connectivity index (χ0) is 18.4. The van der Waals surface area contributed by atoms with Crippen LogP contribution >= 0.6 is 0 Å². The Morgan fingerprint density at radius 1 is 0.920 bits per heavy atom. The molecule has 1 heterocycles. The lowest BCUT2D eigenvalue weighted by Gasteiger charge is -2.35. The molecule has 0 radical (unpaired) electrons. The quantitative estimate of drug-likeness (QED) is 0.782. The van der Waals surface area contributed by atoms with Crippen molar-refractivity contribution in [3.05, 3.63) is 17.7 Å². The Morgan fingerprint density at radius 3 is 1.88 bits per heavy atom. The molecule has 0 spiro atoms. The number of piperazine rings is 1. The summed E-state index contributed by atoms with van der Waals surface area (Å²) in [5.41, 5.74) is 0.374. The van der Waals surface area contributed by atoms with Crippen molar-refractivity contribution in [1.82, 2.24) is 9.80 Å². The largest absolute Gasteiger partial charge is 0.496 e. The van der Waals surface area contributed by atoms with Crippen molar-refractivity contribution in [1.29, 1.82) is 0 Å². The first-order chi connectivity index (χ1) is 12.0. The van der Waals surface area contributed by atoms with Crippen molar-refractivity contribution in [2.75, 3.05) is 47.5 Å². The highest BCUT2D eigenvalue weighted by molar-refractivity contribution is 6.00. The maximum atomic E-state index is 13.0. The summed E-state index contributed by atoms with van der Waals surface area (Å²) in [5.74, 6) is 1.35. The van der Waals surface area contributed by atoms with Crippen LogP contribution in [0.15, 0.2) is 12.1 Å². The molecule has 1 aromatic rings. The SMILES string of the molecule is CCCC(=O)N1CCN(C(=O)c2c(OC)cc(OC)cc2OC)CC1. The van der Waals surface area contributed by atoms with Gasteiger partial charge in [0.25, 0.3) is 5.91 Å². The standard InChI is InChI=1S/C18H26N2O5/c1-5-6-16(21)19-7-9-20(10-8-19)18(22)17-14(24-3)11-13(23-2)12-15(17)25-4/h11-12H,5-10H2,1-4H3. The molecule has 0 aliphatic carbocycles. The first kappa shape index (κ1) is 18.9. The van der Waals surface area contributed by atoms with E-state index in [1.165, 1.54) is 14.2 Å². The Kier molecular flexibility index (Phi) is 6.50. The van der Waals surface area contributed by atoms with Gasteiger partial charge >= 0.3 is 0 Å². The van der Waals surface area contributed by atoms with Crippen LogP contribution in [0, 0.1) is 0 Å². The Balaban J connectivity index is 2.17. The summed E-state index contributed by atoms with van der Waals surface area (Å²) < 4.78 is 15.9. The third-order valence-electron chi connectivity index (χ3n) is 4.31. The smallest absolute Gasteiger partial charge is 0.261 e. The number of hydrogen-bond donors (Lipinski definition) is 0. The van der Waals surface area contributed by atoms with Crippen molar-refractivity contribution in [3.63, 3.8) is 0 Å². The maximum absolute atomic E-state index is 13.0. The summed E-state index contributed by atoms with van der Waals surface area (Å²) in [6.45, 7) is 4.07. The van der Waals surface area contributed by atoms with E-state index in [0.717, 1.165) is 6.42 Å². The first-order valence-electron chi connectivity index (χ1n) is 8.42. The molecule has 2 rings (SSSR count). The number of benzene rings is 1. The van der Waals surface area contributed by atoms with Gasteiger partial charge in [-0.05, 0) is 6.42 Å². The van der Waals surface area contributed by atoms with Gasteiger partial charge in [0, 0.05) is 44.7 Å². The van der Waals surface area contributed by atoms with E-state index in [9.17, 15) is 9.59 Å². The normalized spacial score (nSPS) is 14.2. The molecular formula is C18H26N2O5. The van der Waals surface area contributed by atoms with Crippen LogP contribution < -0.4 is 14.2 Å². The van der Waals surface area contributed by atoms with E-state index >= 15 is 0 Å². The summed E-state index contributed by atoms with van der Waals surface area (Å²) in [4.78, 5) is 28.5. The van der Waals surface area contributed by atoms with E-state index < -0.39 is 0 Å². The summed E-state index contributed by atoms with van der Waals surface area (Å²) in [6.07, 6.45) is 1.38. The lowest BCUT2D eigenvalue weighted by Crippen LogP contribution is -2.50. The van der Waals surface area contributed by atoms with Crippen molar-refractivity contribution in [2.45, 2.75) is 19.8 Å². The highest BCUT2D eigenvalue weighted by atomic mass is 16.5. The fraction of sp³-hybridized carbons (Fsp3) is 0.556. The minimum absolute atomic E-state index is 0.147. The predicted molar refractivity (Wildman–Crippen MR) is 93.5 cm³/mol. The molecule has 1 aliphatic heterocycles. The molecule has 0 bridgehead atoms. The van der Waals surface area contributed by atoms with Gasteiger partial charge in [-0.2, -0.15) is 0 Å². The van der Waals surface area contributed by atoms with E-state index in [-0.39, 0.29) is 11.8 Å². The molecular weight excluding hydrogens is 324 g/mol. The number of carbonyl (C=O) groups excluding carboxylic acids is 2. The van der Waals surface area contributed by atoms with Crippen LogP contribution in [-0.4, -0.2) is 69.1 Å². The summed E-state index contributed by atoms with van der Waals surface area (Å²) >= 11 is 0. The third-order valence-corrected chi connectivity index (χ3v) is 4.31. The molecule has 1 aromatic carbocycles. The maximum Gasteiger partial charge on any atom is 0.261 e. The molecule has 0 unspecified atom stereocenters. The fourth-order valence-electron chi connectivity index (χ4n) is 2.91. The van der Waals surface area contributed by atoms with E-state index in [1.54, 1.807) is 24.1 Å². The zero-order valence-corrected chi connectivity index (χ0v) is 15.3. The predicted octanol–water partition coefficient (Wildman–Crippen LogP) is 1.80. The Labute approximate surface area is 148 Å². The lowest BCUT2D eigenvalue weighted by molar-refractivity contribution is -0.132. The average Bonchev–Trinajstić information content (AvgIpc) is 2.66. The number of amides is 2. The molecule has 0 saturated carbocycles. The third kappa shape index (κ3) is 4.15. The second-order valence-electron chi connectivity index (χ2n) is 5.83. The van der Waals surface area contributed by atoms with Gasteiger partial charge in [0.2, 0.25) is 5.91 Å². The van der Waals surface area contributed by atoms with Gasteiger partial charge in [0.1, 0.15) is 22.8 Å². The van der Waals surface area contributed by atoms with E-state index in [2.05, 4.69) is 0 Å². The molecule has 2 amide bonds. The molecule has 1 aliphatic rings. The highest BCUT2D eigenvalue weighted by Crippen LogP contribution is 2.35. The van der Waals surface area contributed by atoms with Crippen LogP contribution in [0.25, 0.3) is 0 Å². The van der Waals surface area contributed by atoms with Crippen LogP contribution in [-0.2, 0) is 4.79 Å². The van der Waals surface area contributed by atoms with Gasteiger partial charge < -0.3 is 24.0 Å². The van der Waals surface area contributed by atoms with Crippen LogP contribution in [0.4, 0.5) is 0 Å². The number of ether oxygens (including phenoxy) is 3. The van der Waals surface area contributed by atoms with Crippen molar-refractivity contribution in [2.24, 2.45) is 0 Å². The molecule has 0 atom stereocenters. The van der Waals surface area contributed by atoms with Crippen molar-refractivity contribution in [3.8, 4) is 17.2 Å². The number of hydrogen-bond acceptors (Lipinski definition) is 5. The van der Waals surface area contributed by atoms with Gasteiger partial charge in [-0.15, -0.1) is 0 Å². The van der Waals surface area contributed by atoms with Crippen LogP contribution in [0.1, 0.15) is 30.1 Å². The van der Waals surface area contributed by atoms with E-state index in [0.29, 0.717) is 55.4 Å². The molecule has 0 N–H and O–H groups in total. The van der Waals surface area contributed by atoms with Gasteiger partial charge in [0.05, 0.1) is 21.3 Å². The molecule has 1 saturated heterocycles. The second kappa shape index (κ2) is 8.60. The molecule has 0 aromatic heterocycles. The Bertz CT molecular complexity index is 599. The number of methoxy groups -OCH3 is 3. The molecule has 138 valence electrons. The monoisotopic (exact) mass is 350 g/mol.